The fraction of sp³-hybridized carbons (Fsp3) is 0.571. The highest BCUT2D eigenvalue weighted by atomic mass is 32.1. The fourth-order valence-corrected chi connectivity index (χ4v) is 3.82. The van der Waals surface area contributed by atoms with Gasteiger partial charge in [-0.2, -0.15) is 0 Å². The van der Waals surface area contributed by atoms with Crippen molar-refractivity contribution in [1.82, 2.24) is 0 Å². The molecule has 0 radical (unpaired) electrons. The van der Waals surface area contributed by atoms with Crippen molar-refractivity contribution >= 4 is 33.9 Å². The van der Waals surface area contributed by atoms with Gasteiger partial charge in [0.15, 0.2) is 0 Å². The van der Waals surface area contributed by atoms with Crippen molar-refractivity contribution in [3.63, 3.8) is 0 Å². The first-order valence-corrected chi connectivity index (χ1v) is 7.64. The van der Waals surface area contributed by atoms with Crippen molar-refractivity contribution in [2.75, 3.05) is 30.8 Å². The van der Waals surface area contributed by atoms with Gasteiger partial charge < -0.3 is 21.1 Å². The number of anilines is 2. The summed E-state index contributed by atoms with van der Waals surface area (Å²) in [6.07, 6.45) is 2.15. The number of piperidine rings is 1. The molecule has 1 aromatic rings. The molecule has 0 aliphatic carbocycles. The van der Waals surface area contributed by atoms with Crippen LogP contribution in [0.4, 0.5) is 10.7 Å². The third kappa shape index (κ3) is 2.97. The summed E-state index contributed by atoms with van der Waals surface area (Å²) in [6.45, 7) is 5.99. The Kier molecular flexibility index (Phi) is 4.13. The van der Waals surface area contributed by atoms with Crippen LogP contribution >= 0.6 is 11.3 Å². The number of ether oxygens (including phenoxy) is 1. The number of esters is 1. The lowest BCUT2D eigenvalue weighted by molar-refractivity contribution is 0.0603. The highest BCUT2D eigenvalue weighted by Crippen LogP contribution is 2.41. The van der Waals surface area contributed by atoms with E-state index in [0.29, 0.717) is 5.00 Å². The van der Waals surface area contributed by atoms with Crippen molar-refractivity contribution in [2.45, 2.75) is 26.7 Å². The number of nitrogen functional groups attached to an aromatic ring is 1. The quantitative estimate of drug-likeness (QED) is 0.830. The van der Waals surface area contributed by atoms with Gasteiger partial charge in [-0.3, -0.25) is 4.79 Å². The molecule has 1 aliphatic heterocycles. The van der Waals surface area contributed by atoms with Gasteiger partial charge in [-0.25, -0.2) is 4.79 Å². The lowest BCUT2D eigenvalue weighted by Crippen LogP contribution is -2.40. The molecule has 2 heterocycles. The number of primary amides is 1. The monoisotopic (exact) mass is 311 g/mol. The molecule has 21 heavy (non-hydrogen) atoms. The van der Waals surface area contributed by atoms with Crippen LogP contribution in [0.2, 0.25) is 0 Å². The van der Waals surface area contributed by atoms with E-state index in [1.807, 2.05) is 0 Å². The van der Waals surface area contributed by atoms with Gasteiger partial charge in [-0.1, -0.05) is 13.8 Å². The van der Waals surface area contributed by atoms with E-state index in [1.165, 1.54) is 18.4 Å². The lowest BCUT2D eigenvalue weighted by atomic mass is 9.84. The molecule has 0 spiro atoms. The van der Waals surface area contributed by atoms with Gasteiger partial charge in [0, 0.05) is 13.1 Å². The predicted octanol–water partition coefficient (Wildman–Crippen LogP) is 1.84. The summed E-state index contributed by atoms with van der Waals surface area (Å²) < 4.78 is 4.80. The van der Waals surface area contributed by atoms with Gasteiger partial charge in [0.1, 0.15) is 15.4 Å². The topological polar surface area (TPSA) is 98.6 Å². The van der Waals surface area contributed by atoms with Crippen LogP contribution in [0.15, 0.2) is 0 Å². The summed E-state index contributed by atoms with van der Waals surface area (Å²) in [7, 11) is 1.30. The zero-order valence-electron chi connectivity index (χ0n) is 12.6. The predicted molar refractivity (Wildman–Crippen MR) is 83.8 cm³/mol. The molecule has 1 amide bonds. The van der Waals surface area contributed by atoms with Crippen molar-refractivity contribution in [1.29, 1.82) is 0 Å². The Bertz CT molecular complexity index is 580. The van der Waals surface area contributed by atoms with Gasteiger partial charge >= 0.3 is 5.97 Å². The van der Waals surface area contributed by atoms with Crippen LogP contribution in [-0.4, -0.2) is 32.1 Å². The van der Waals surface area contributed by atoms with E-state index in [0.717, 1.165) is 25.9 Å². The van der Waals surface area contributed by atoms with Crippen LogP contribution in [-0.2, 0) is 4.74 Å². The van der Waals surface area contributed by atoms with E-state index in [1.54, 1.807) is 0 Å². The summed E-state index contributed by atoms with van der Waals surface area (Å²) in [5, 5.41) is 0.681. The summed E-state index contributed by atoms with van der Waals surface area (Å²) >= 11 is 1.17. The molecule has 0 bridgehead atoms. The van der Waals surface area contributed by atoms with Crippen molar-refractivity contribution in [2.24, 2.45) is 11.1 Å². The smallest absolute Gasteiger partial charge is 0.343 e. The van der Waals surface area contributed by atoms with Crippen molar-refractivity contribution in [3.8, 4) is 0 Å². The number of hydrogen-bond donors (Lipinski definition) is 2. The summed E-state index contributed by atoms with van der Waals surface area (Å²) in [5.41, 5.74) is 11.8. The summed E-state index contributed by atoms with van der Waals surface area (Å²) in [5.74, 6) is -1.15. The van der Waals surface area contributed by atoms with Gasteiger partial charge in [-0.15, -0.1) is 11.3 Å². The molecule has 2 rings (SSSR count). The van der Waals surface area contributed by atoms with Crippen LogP contribution < -0.4 is 16.4 Å². The van der Waals surface area contributed by atoms with Crippen molar-refractivity contribution < 1.29 is 14.3 Å². The zero-order valence-corrected chi connectivity index (χ0v) is 13.4. The highest BCUT2D eigenvalue weighted by Gasteiger charge is 2.33. The third-order valence-corrected chi connectivity index (χ3v) is 5.01. The number of carbonyl (C=O) groups excluding carboxylic acids is 2. The Balaban J connectivity index is 2.49. The van der Waals surface area contributed by atoms with Gasteiger partial charge in [0.05, 0.1) is 12.8 Å². The summed E-state index contributed by atoms with van der Waals surface area (Å²) in [4.78, 5) is 25.8. The Labute approximate surface area is 128 Å². The first-order valence-electron chi connectivity index (χ1n) is 6.82. The second-order valence-corrected chi connectivity index (χ2v) is 7.07. The van der Waals surface area contributed by atoms with Crippen LogP contribution in [0.3, 0.4) is 0 Å². The van der Waals surface area contributed by atoms with Crippen LogP contribution in [0.25, 0.3) is 0 Å². The molecule has 0 atom stereocenters. The molecule has 0 saturated carbocycles. The minimum atomic E-state index is -0.620. The number of nitrogens with two attached hydrogens (primary N) is 2. The van der Waals surface area contributed by atoms with Crippen LogP contribution in [0.1, 0.15) is 46.7 Å². The van der Waals surface area contributed by atoms with E-state index in [9.17, 15) is 9.59 Å². The molecule has 7 heteroatoms. The molecule has 1 fully saturated rings. The molecule has 1 aliphatic rings. The van der Waals surface area contributed by atoms with Crippen molar-refractivity contribution in [3.05, 3.63) is 10.4 Å². The Morgan fingerprint density at radius 3 is 2.57 bits per heavy atom. The Morgan fingerprint density at radius 2 is 2.05 bits per heavy atom. The maximum atomic E-state index is 12.0. The lowest BCUT2D eigenvalue weighted by Gasteiger charge is -2.39. The van der Waals surface area contributed by atoms with Gasteiger partial charge in [-0.05, 0) is 18.3 Å². The maximum absolute atomic E-state index is 12.0. The number of rotatable bonds is 3. The third-order valence-electron chi connectivity index (χ3n) is 3.73. The number of carbonyl (C=O) groups is 2. The van der Waals surface area contributed by atoms with Crippen LogP contribution in [0.5, 0.6) is 0 Å². The number of thiophene rings is 1. The van der Waals surface area contributed by atoms with E-state index in [4.69, 9.17) is 16.2 Å². The number of hydrogen-bond acceptors (Lipinski definition) is 6. The average Bonchev–Trinajstić information content (AvgIpc) is 2.74. The molecule has 0 aromatic carbocycles. The number of nitrogens with zero attached hydrogens (tertiary/aromatic N) is 1. The average molecular weight is 311 g/mol. The zero-order chi connectivity index (χ0) is 15.8. The first kappa shape index (κ1) is 15.6. The molecule has 4 N–H and O–H groups in total. The Morgan fingerprint density at radius 1 is 1.38 bits per heavy atom. The van der Waals surface area contributed by atoms with Crippen LogP contribution in [0, 0.1) is 5.41 Å². The number of methoxy groups -OCH3 is 1. The van der Waals surface area contributed by atoms with Gasteiger partial charge in [0.2, 0.25) is 0 Å². The van der Waals surface area contributed by atoms with E-state index < -0.39 is 11.9 Å². The molecular weight excluding hydrogens is 290 g/mol. The SMILES string of the molecule is COC(=O)c1c(N2CCCC(C)(C)C2)sc(C(N)=O)c1N. The number of amides is 1. The first-order chi connectivity index (χ1) is 9.76. The summed E-state index contributed by atoms with van der Waals surface area (Å²) in [6, 6.07) is 0. The molecule has 1 aromatic heterocycles. The standard InChI is InChI=1S/C14H21N3O3S/c1-14(2)5-4-6-17(7-14)12-8(13(19)20-3)9(15)10(21-12)11(16)18/h4-7,15H2,1-3H3,(H2,16,18). The molecular formula is C14H21N3O3S. The largest absolute Gasteiger partial charge is 0.465 e. The molecule has 6 nitrogen and oxygen atoms in total. The maximum Gasteiger partial charge on any atom is 0.343 e. The minimum Gasteiger partial charge on any atom is -0.465 e. The molecule has 1 saturated heterocycles. The van der Waals surface area contributed by atoms with Gasteiger partial charge in [0.25, 0.3) is 5.91 Å². The highest BCUT2D eigenvalue weighted by molar-refractivity contribution is 7.19. The normalized spacial score (nSPS) is 17.6. The van der Waals surface area contributed by atoms with E-state index in [2.05, 4.69) is 18.7 Å². The molecule has 0 unspecified atom stereocenters. The van der Waals surface area contributed by atoms with E-state index in [-0.39, 0.29) is 21.5 Å². The Hall–Kier alpha value is -1.76. The second kappa shape index (κ2) is 5.55. The molecule has 116 valence electrons. The van der Waals surface area contributed by atoms with E-state index >= 15 is 0 Å². The fourth-order valence-electron chi connectivity index (χ4n) is 2.73. The second-order valence-electron chi connectivity index (χ2n) is 6.07. The minimum absolute atomic E-state index is 0.123.